The van der Waals surface area contributed by atoms with E-state index in [1.54, 1.807) is 4.90 Å². The summed E-state index contributed by atoms with van der Waals surface area (Å²) in [6.45, 7) is 2.74. The number of alkyl halides is 3. The average molecular weight is 336 g/mol. The SMILES string of the molecule is O=C(NCCCCC(F)(F)F)N1CCC(N2CCNC2=O)CC1. The molecular formula is C14H23F3N4O2. The Morgan fingerprint density at radius 1 is 1.22 bits per heavy atom. The van der Waals surface area contributed by atoms with Gasteiger partial charge in [0.25, 0.3) is 0 Å². The largest absolute Gasteiger partial charge is 0.389 e. The number of nitrogens with one attached hydrogen (secondary N) is 2. The Bertz CT molecular complexity index is 423. The second kappa shape index (κ2) is 7.74. The van der Waals surface area contributed by atoms with E-state index in [1.165, 1.54) is 0 Å². The van der Waals surface area contributed by atoms with Gasteiger partial charge in [-0.25, -0.2) is 9.59 Å². The molecular weight excluding hydrogens is 313 g/mol. The van der Waals surface area contributed by atoms with E-state index in [9.17, 15) is 22.8 Å². The lowest BCUT2D eigenvalue weighted by atomic mass is 10.0. The van der Waals surface area contributed by atoms with E-state index < -0.39 is 12.6 Å². The average Bonchev–Trinajstić information content (AvgIpc) is 2.92. The quantitative estimate of drug-likeness (QED) is 0.754. The molecule has 23 heavy (non-hydrogen) atoms. The highest BCUT2D eigenvalue weighted by atomic mass is 19.4. The van der Waals surface area contributed by atoms with Crippen molar-refractivity contribution in [3.63, 3.8) is 0 Å². The fourth-order valence-corrected chi connectivity index (χ4v) is 2.97. The summed E-state index contributed by atoms with van der Waals surface area (Å²) in [6, 6.07) is -0.118. The van der Waals surface area contributed by atoms with Crippen molar-refractivity contribution in [2.75, 3.05) is 32.7 Å². The number of nitrogens with zero attached hydrogens (tertiary/aromatic N) is 2. The number of halogens is 3. The number of hydrogen-bond donors (Lipinski definition) is 2. The summed E-state index contributed by atoms with van der Waals surface area (Å²) in [4.78, 5) is 27.0. The lowest BCUT2D eigenvalue weighted by molar-refractivity contribution is -0.135. The van der Waals surface area contributed by atoms with Gasteiger partial charge in [-0.3, -0.25) is 0 Å². The van der Waals surface area contributed by atoms with Gasteiger partial charge in [0, 0.05) is 45.2 Å². The maximum Gasteiger partial charge on any atom is 0.389 e. The fraction of sp³-hybridized carbons (Fsp3) is 0.857. The molecule has 0 saturated carbocycles. The van der Waals surface area contributed by atoms with Crippen LogP contribution in [0.3, 0.4) is 0 Å². The number of piperidine rings is 1. The van der Waals surface area contributed by atoms with E-state index in [1.807, 2.05) is 4.90 Å². The molecule has 132 valence electrons. The molecule has 0 spiro atoms. The Labute approximate surface area is 133 Å². The maximum atomic E-state index is 12.0. The van der Waals surface area contributed by atoms with E-state index in [-0.39, 0.29) is 31.1 Å². The van der Waals surface area contributed by atoms with Gasteiger partial charge in [-0.2, -0.15) is 13.2 Å². The number of unbranched alkanes of at least 4 members (excludes halogenated alkanes) is 1. The molecule has 2 fully saturated rings. The Morgan fingerprint density at radius 2 is 1.91 bits per heavy atom. The van der Waals surface area contributed by atoms with Crippen LogP contribution in [0.5, 0.6) is 0 Å². The van der Waals surface area contributed by atoms with Crippen molar-refractivity contribution in [3.8, 4) is 0 Å². The van der Waals surface area contributed by atoms with E-state index in [0.29, 0.717) is 32.6 Å². The van der Waals surface area contributed by atoms with Crippen LogP contribution in [-0.2, 0) is 0 Å². The normalized spacial score (nSPS) is 19.9. The third kappa shape index (κ3) is 5.47. The van der Waals surface area contributed by atoms with Gasteiger partial charge < -0.3 is 20.4 Å². The third-order valence-electron chi connectivity index (χ3n) is 4.25. The molecule has 0 bridgehead atoms. The Hall–Kier alpha value is -1.67. The Balaban J connectivity index is 1.61. The van der Waals surface area contributed by atoms with Crippen molar-refractivity contribution in [3.05, 3.63) is 0 Å². The lowest BCUT2D eigenvalue weighted by Crippen LogP contribution is -2.50. The van der Waals surface area contributed by atoms with E-state index in [2.05, 4.69) is 10.6 Å². The summed E-state index contributed by atoms with van der Waals surface area (Å²) in [6.07, 6.45) is -3.14. The first-order chi connectivity index (χ1) is 10.9. The van der Waals surface area contributed by atoms with Crippen LogP contribution in [0.4, 0.5) is 22.8 Å². The van der Waals surface area contributed by atoms with E-state index in [4.69, 9.17) is 0 Å². The number of urea groups is 2. The van der Waals surface area contributed by atoms with Gasteiger partial charge in [-0.15, -0.1) is 0 Å². The number of rotatable bonds is 5. The summed E-state index contributed by atoms with van der Waals surface area (Å²) in [5.74, 6) is 0. The summed E-state index contributed by atoms with van der Waals surface area (Å²) >= 11 is 0. The van der Waals surface area contributed by atoms with Crippen LogP contribution >= 0.6 is 0 Å². The number of carbonyl (C=O) groups is 2. The lowest BCUT2D eigenvalue weighted by Gasteiger charge is -2.36. The van der Waals surface area contributed by atoms with Crippen molar-refractivity contribution < 1.29 is 22.8 Å². The highest BCUT2D eigenvalue weighted by Gasteiger charge is 2.31. The van der Waals surface area contributed by atoms with Crippen LogP contribution in [0.25, 0.3) is 0 Å². The smallest absolute Gasteiger partial charge is 0.338 e. The van der Waals surface area contributed by atoms with Gasteiger partial charge in [0.05, 0.1) is 0 Å². The molecule has 2 aliphatic heterocycles. The zero-order valence-corrected chi connectivity index (χ0v) is 13.0. The molecule has 0 aromatic rings. The van der Waals surface area contributed by atoms with Crippen molar-refractivity contribution in [2.45, 2.75) is 44.3 Å². The van der Waals surface area contributed by atoms with Gasteiger partial charge in [-0.1, -0.05) is 0 Å². The second-order valence-electron chi connectivity index (χ2n) is 5.95. The van der Waals surface area contributed by atoms with E-state index >= 15 is 0 Å². The summed E-state index contributed by atoms with van der Waals surface area (Å²) in [5, 5.41) is 5.42. The van der Waals surface area contributed by atoms with Crippen LogP contribution in [-0.4, -0.2) is 66.8 Å². The molecule has 4 amide bonds. The van der Waals surface area contributed by atoms with Crippen molar-refractivity contribution in [1.82, 2.24) is 20.4 Å². The predicted molar refractivity (Wildman–Crippen MR) is 78.0 cm³/mol. The summed E-state index contributed by atoms with van der Waals surface area (Å²) < 4.78 is 36.0. The number of likely N-dealkylation sites (tertiary alicyclic amines) is 1. The van der Waals surface area contributed by atoms with Gasteiger partial charge >= 0.3 is 18.2 Å². The highest BCUT2D eigenvalue weighted by molar-refractivity contribution is 5.77. The zero-order valence-electron chi connectivity index (χ0n) is 13.0. The first-order valence-electron chi connectivity index (χ1n) is 8.01. The molecule has 6 nitrogen and oxygen atoms in total. The van der Waals surface area contributed by atoms with Crippen LogP contribution in [0.15, 0.2) is 0 Å². The van der Waals surface area contributed by atoms with Crippen LogP contribution in [0.2, 0.25) is 0 Å². The molecule has 0 aromatic heterocycles. The molecule has 0 atom stereocenters. The monoisotopic (exact) mass is 336 g/mol. The van der Waals surface area contributed by atoms with E-state index in [0.717, 1.165) is 12.8 Å². The first-order valence-corrected chi connectivity index (χ1v) is 8.01. The van der Waals surface area contributed by atoms with Crippen LogP contribution in [0, 0.1) is 0 Å². The molecule has 0 aromatic carbocycles. The minimum atomic E-state index is -4.13. The highest BCUT2D eigenvalue weighted by Crippen LogP contribution is 2.22. The second-order valence-corrected chi connectivity index (χ2v) is 5.95. The Kier molecular flexibility index (Phi) is 5.95. The Morgan fingerprint density at radius 3 is 2.48 bits per heavy atom. The molecule has 2 heterocycles. The van der Waals surface area contributed by atoms with Gasteiger partial charge in [0.1, 0.15) is 0 Å². The number of hydrogen-bond acceptors (Lipinski definition) is 2. The molecule has 2 saturated heterocycles. The summed E-state index contributed by atoms with van der Waals surface area (Å²) in [7, 11) is 0. The molecule has 0 unspecified atom stereocenters. The fourth-order valence-electron chi connectivity index (χ4n) is 2.97. The first kappa shape index (κ1) is 17.7. The molecule has 2 aliphatic rings. The predicted octanol–water partition coefficient (Wildman–Crippen LogP) is 1.92. The minimum absolute atomic E-state index is 0.0237. The standard InChI is InChI=1S/C14H23F3N4O2/c15-14(16,17)5-1-2-6-18-12(22)20-8-3-11(4-9-20)21-10-7-19-13(21)23/h11H,1-10H2,(H,18,22)(H,19,23). The van der Waals surface area contributed by atoms with Crippen LogP contribution in [0.1, 0.15) is 32.1 Å². The van der Waals surface area contributed by atoms with Crippen molar-refractivity contribution in [2.24, 2.45) is 0 Å². The van der Waals surface area contributed by atoms with Gasteiger partial charge in [0.2, 0.25) is 0 Å². The topological polar surface area (TPSA) is 64.7 Å². The molecule has 2 rings (SSSR count). The third-order valence-corrected chi connectivity index (χ3v) is 4.25. The zero-order chi connectivity index (χ0) is 16.9. The molecule has 9 heteroatoms. The van der Waals surface area contributed by atoms with Crippen LogP contribution < -0.4 is 10.6 Å². The summed E-state index contributed by atoms with van der Waals surface area (Å²) in [5.41, 5.74) is 0. The number of amides is 4. The molecule has 0 aliphatic carbocycles. The van der Waals surface area contributed by atoms with Gasteiger partial charge in [-0.05, 0) is 25.7 Å². The van der Waals surface area contributed by atoms with Gasteiger partial charge in [0.15, 0.2) is 0 Å². The number of carbonyl (C=O) groups excluding carboxylic acids is 2. The minimum Gasteiger partial charge on any atom is -0.338 e. The van der Waals surface area contributed by atoms with Crippen molar-refractivity contribution in [1.29, 1.82) is 0 Å². The maximum absolute atomic E-state index is 12.0. The van der Waals surface area contributed by atoms with Crippen molar-refractivity contribution >= 4 is 12.1 Å². The molecule has 0 radical (unpaired) electrons. The molecule has 2 N–H and O–H groups in total.